The molecule has 1 aliphatic rings. The van der Waals surface area contributed by atoms with Gasteiger partial charge in [0.05, 0.1) is 11.0 Å². The van der Waals surface area contributed by atoms with Crippen LogP contribution in [0, 0.1) is 11.8 Å². The summed E-state index contributed by atoms with van der Waals surface area (Å²) in [4.78, 5) is 27.7. The van der Waals surface area contributed by atoms with Crippen LogP contribution in [0.5, 0.6) is 0 Å². The van der Waals surface area contributed by atoms with Crippen molar-refractivity contribution in [3.05, 3.63) is 52.9 Å². The number of para-hydroxylation sites is 2. The molecule has 4 rings (SSSR count). The van der Waals surface area contributed by atoms with Crippen LogP contribution in [0.3, 0.4) is 0 Å². The van der Waals surface area contributed by atoms with E-state index in [2.05, 4.69) is 24.1 Å². The minimum Gasteiger partial charge on any atom is -0.356 e. The number of likely N-dealkylation sites (tertiary alicyclic amines) is 1. The normalized spacial score (nSPS) is 19.8. The Morgan fingerprint density at radius 2 is 1.68 bits per heavy atom. The smallest absolute Gasteiger partial charge is 0.275 e. The molecule has 1 N–H and O–H groups in total. The molecule has 1 amide bonds. The Morgan fingerprint density at radius 1 is 0.968 bits per heavy atom. The maximum absolute atomic E-state index is 12.9. The van der Waals surface area contributed by atoms with Gasteiger partial charge in [-0.1, -0.05) is 26.0 Å². The van der Waals surface area contributed by atoms with E-state index in [1.54, 1.807) is 4.57 Å². The largest absolute Gasteiger partial charge is 0.356 e. The van der Waals surface area contributed by atoms with Crippen molar-refractivity contribution < 1.29 is 4.79 Å². The summed E-state index contributed by atoms with van der Waals surface area (Å²) in [6.45, 7) is 9.31. The molecule has 0 radical (unpaired) electrons. The fourth-order valence-electron chi connectivity index (χ4n) is 5.12. The third kappa shape index (κ3) is 5.01. The number of benzene rings is 1. The maximum Gasteiger partial charge on any atom is 0.275 e. The van der Waals surface area contributed by atoms with E-state index in [1.807, 2.05) is 47.0 Å². The summed E-state index contributed by atoms with van der Waals surface area (Å²) in [6, 6.07) is 11.7. The Bertz CT molecular complexity index is 1090. The van der Waals surface area contributed by atoms with Crippen molar-refractivity contribution in [2.45, 2.75) is 46.1 Å². The third-order valence-electron chi connectivity index (χ3n) is 6.35. The van der Waals surface area contributed by atoms with Crippen LogP contribution in [0.25, 0.3) is 16.6 Å². The van der Waals surface area contributed by atoms with Crippen molar-refractivity contribution in [3.63, 3.8) is 0 Å². The average molecular weight is 423 g/mol. The molecule has 2 aromatic heterocycles. The molecule has 0 bridgehead atoms. The van der Waals surface area contributed by atoms with Gasteiger partial charge in [-0.05, 0) is 61.9 Å². The Balaban J connectivity index is 1.27. The molecule has 0 spiro atoms. The topological polar surface area (TPSA) is 58.8 Å². The molecular weight excluding hydrogens is 388 g/mol. The number of hydrogen-bond acceptors (Lipinski definition) is 3. The highest BCUT2D eigenvalue weighted by Crippen LogP contribution is 2.20. The second-order valence-electron chi connectivity index (χ2n) is 9.22. The molecule has 2 atom stereocenters. The number of aromatic nitrogens is 2. The summed E-state index contributed by atoms with van der Waals surface area (Å²) in [7, 11) is 0. The number of rotatable bonds is 8. The van der Waals surface area contributed by atoms with Gasteiger partial charge in [0.1, 0.15) is 5.52 Å². The molecule has 0 saturated carbocycles. The maximum atomic E-state index is 12.9. The molecule has 1 aliphatic heterocycles. The third-order valence-corrected chi connectivity index (χ3v) is 6.35. The standard InChI is InChI=1S/C25H34N4O2/c1-19-16-20(2)18-27(17-19)13-7-12-26-24(30)11-6-15-29-22-9-4-3-8-21(22)28-14-5-10-23(28)25(29)31/h3-5,8-10,14,19-20H,6-7,11-13,15-18H2,1-2H3,(H,26,30)/t19-,20-/m0/s1. The van der Waals surface area contributed by atoms with Gasteiger partial charge in [0.25, 0.3) is 5.56 Å². The van der Waals surface area contributed by atoms with Gasteiger partial charge in [-0.15, -0.1) is 0 Å². The SMILES string of the molecule is C[C@H]1C[C@H](C)CN(CCCNC(=O)CCCn2c(=O)c3cccn3c3ccccc32)C1. The van der Waals surface area contributed by atoms with E-state index < -0.39 is 0 Å². The zero-order valence-corrected chi connectivity index (χ0v) is 18.7. The van der Waals surface area contributed by atoms with Crippen LogP contribution < -0.4 is 10.9 Å². The summed E-state index contributed by atoms with van der Waals surface area (Å²) < 4.78 is 3.74. The number of fused-ring (bicyclic) bond motifs is 3. The molecule has 31 heavy (non-hydrogen) atoms. The second-order valence-corrected chi connectivity index (χ2v) is 9.22. The van der Waals surface area contributed by atoms with Gasteiger partial charge < -0.3 is 19.2 Å². The Hall–Kier alpha value is -2.60. The lowest BCUT2D eigenvalue weighted by molar-refractivity contribution is -0.121. The number of nitrogens with one attached hydrogen (secondary N) is 1. The first-order chi connectivity index (χ1) is 15.0. The summed E-state index contributed by atoms with van der Waals surface area (Å²) >= 11 is 0. The van der Waals surface area contributed by atoms with Crippen molar-refractivity contribution >= 4 is 22.5 Å². The van der Waals surface area contributed by atoms with E-state index in [0.717, 1.165) is 42.4 Å². The molecular formula is C25H34N4O2. The van der Waals surface area contributed by atoms with Crippen molar-refractivity contribution in [1.82, 2.24) is 19.2 Å². The van der Waals surface area contributed by atoms with E-state index in [0.29, 0.717) is 24.9 Å². The van der Waals surface area contributed by atoms with Crippen LogP contribution in [-0.2, 0) is 11.3 Å². The van der Waals surface area contributed by atoms with Gasteiger partial charge in [-0.25, -0.2) is 0 Å². The Morgan fingerprint density at radius 3 is 2.45 bits per heavy atom. The van der Waals surface area contributed by atoms with Crippen LogP contribution in [0.15, 0.2) is 47.4 Å². The number of carbonyl (C=O) groups is 1. The fraction of sp³-hybridized carbons (Fsp3) is 0.520. The number of carbonyl (C=O) groups excluding carboxylic acids is 1. The minimum absolute atomic E-state index is 0.00547. The number of piperidine rings is 1. The van der Waals surface area contributed by atoms with Crippen LogP contribution in [0.4, 0.5) is 0 Å². The highest BCUT2D eigenvalue weighted by molar-refractivity contribution is 5.79. The predicted molar refractivity (Wildman–Crippen MR) is 125 cm³/mol. The van der Waals surface area contributed by atoms with Gasteiger partial charge >= 0.3 is 0 Å². The Kier molecular flexibility index (Phi) is 6.76. The van der Waals surface area contributed by atoms with Crippen LogP contribution in [0.2, 0.25) is 0 Å². The Labute approximate surface area is 183 Å². The van der Waals surface area contributed by atoms with Gasteiger partial charge in [-0.2, -0.15) is 0 Å². The lowest BCUT2D eigenvalue weighted by Gasteiger charge is -2.34. The highest BCUT2D eigenvalue weighted by atomic mass is 16.1. The molecule has 1 aromatic carbocycles. The number of aryl methyl sites for hydroxylation is 1. The molecule has 166 valence electrons. The summed E-state index contributed by atoms with van der Waals surface area (Å²) in [6.07, 6.45) is 5.31. The first-order valence-corrected chi connectivity index (χ1v) is 11.6. The van der Waals surface area contributed by atoms with Crippen molar-refractivity contribution in [2.75, 3.05) is 26.2 Å². The molecule has 3 aromatic rings. The quantitative estimate of drug-likeness (QED) is 0.565. The number of amides is 1. The lowest BCUT2D eigenvalue weighted by Crippen LogP contribution is -2.40. The van der Waals surface area contributed by atoms with Gasteiger partial charge in [0, 0.05) is 38.8 Å². The van der Waals surface area contributed by atoms with Gasteiger partial charge in [-0.3, -0.25) is 9.59 Å². The monoisotopic (exact) mass is 422 g/mol. The van der Waals surface area contributed by atoms with Crippen molar-refractivity contribution in [2.24, 2.45) is 11.8 Å². The molecule has 6 heteroatoms. The summed E-state index contributed by atoms with van der Waals surface area (Å²) in [5, 5.41) is 3.05. The number of nitrogens with zero attached hydrogens (tertiary/aromatic N) is 3. The predicted octanol–water partition coefficient (Wildman–Crippen LogP) is 3.52. The van der Waals surface area contributed by atoms with Crippen LogP contribution in [0.1, 0.15) is 39.5 Å². The molecule has 0 unspecified atom stereocenters. The number of hydrogen-bond donors (Lipinski definition) is 1. The van der Waals surface area contributed by atoms with E-state index in [-0.39, 0.29) is 11.5 Å². The summed E-state index contributed by atoms with van der Waals surface area (Å²) in [5.41, 5.74) is 2.58. The van der Waals surface area contributed by atoms with Crippen LogP contribution >= 0.6 is 0 Å². The lowest BCUT2D eigenvalue weighted by atomic mass is 9.92. The zero-order chi connectivity index (χ0) is 21.8. The molecule has 3 heterocycles. The van der Waals surface area contributed by atoms with E-state index in [1.165, 1.54) is 19.5 Å². The van der Waals surface area contributed by atoms with Crippen molar-refractivity contribution in [3.8, 4) is 0 Å². The van der Waals surface area contributed by atoms with E-state index in [4.69, 9.17) is 0 Å². The molecule has 1 fully saturated rings. The molecule has 0 aliphatic carbocycles. The van der Waals surface area contributed by atoms with Crippen LogP contribution in [-0.4, -0.2) is 46.0 Å². The van der Waals surface area contributed by atoms with Gasteiger partial charge in [0.15, 0.2) is 0 Å². The first-order valence-electron chi connectivity index (χ1n) is 11.6. The van der Waals surface area contributed by atoms with Gasteiger partial charge in [0.2, 0.25) is 5.91 Å². The minimum atomic E-state index is -0.00547. The second kappa shape index (κ2) is 9.69. The first kappa shape index (κ1) is 21.6. The molecule has 6 nitrogen and oxygen atoms in total. The average Bonchev–Trinajstić information content (AvgIpc) is 3.23. The zero-order valence-electron chi connectivity index (χ0n) is 18.7. The summed E-state index contributed by atoms with van der Waals surface area (Å²) in [5.74, 6) is 1.61. The van der Waals surface area contributed by atoms with Crippen molar-refractivity contribution in [1.29, 1.82) is 0 Å². The van der Waals surface area contributed by atoms with E-state index in [9.17, 15) is 9.59 Å². The highest BCUT2D eigenvalue weighted by Gasteiger charge is 2.21. The van der Waals surface area contributed by atoms with E-state index >= 15 is 0 Å². The fourth-order valence-corrected chi connectivity index (χ4v) is 5.12. The molecule has 1 saturated heterocycles.